The summed E-state index contributed by atoms with van der Waals surface area (Å²) in [7, 11) is 0. The largest absolute Gasteiger partial charge is 0.292 e. The lowest BCUT2D eigenvalue weighted by atomic mass is 9.94. The van der Waals surface area contributed by atoms with E-state index < -0.39 is 0 Å². The molecular weight excluding hydrogens is 424 g/mol. The summed E-state index contributed by atoms with van der Waals surface area (Å²) in [5.41, 5.74) is 15.8. The summed E-state index contributed by atoms with van der Waals surface area (Å²) < 4.78 is 2.37. The molecule has 5 aromatic carbocycles. The van der Waals surface area contributed by atoms with Gasteiger partial charge in [-0.05, 0) is 87.0 Å². The second kappa shape index (κ2) is 6.17. The molecule has 0 atom stereocenters. The zero-order valence-corrected chi connectivity index (χ0v) is 19.0. The Hall–Kier alpha value is -4.43. The van der Waals surface area contributed by atoms with Gasteiger partial charge in [-0.25, -0.2) is 4.98 Å². The molecule has 0 aliphatic heterocycles. The van der Waals surface area contributed by atoms with Crippen molar-refractivity contribution >= 4 is 38.4 Å². The summed E-state index contributed by atoms with van der Waals surface area (Å²) in [6, 6.07) is 35.8. The first-order valence-electron chi connectivity index (χ1n) is 12.3. The molecule has 0 bridgehead atoms. The smallest absolute Gasteiger partial charge is 0.147 e. The quantitative estimate of drug-likeness (QED) is 0.217. The summed E-state index contributed by atoms with van der Waals surface area (Å²) in [6.07, 6.45) is 2.03. The first-order chi connectivity index (χ1) is 17.3. The molecule has 9 rings (SSSR count). The van der Waals surface area contributed by atoms with E-state index in [0.717, 1.165) is 24.0 Å². The van der Waals surface area contributed by atoms with Crippen LogP contribution in [0.2, 0.25) is 0 Å². The van der Waals surface area contributed by atoms with Gasteiger partial charge in [0.2, 0.25) is 0 Å². The fourth-order valence-corrected chi connectivity index (χ4v) is 6.71. The normalized spacial score (nSPS) is 13.5. The second-order valence-electron chi connectivity index (χ2n) is 9.98. The number of hydrogen-bond acceptors (Lipinski definition) is 1. The van der Waals surface area contributed by atoms with E-state index >= 15 is 0 Å². The Bertz CT molecular complexity index is 2060. The van der Waals surface area contributed by atoms with Crippen LogP contribution in [0.3, 0.4) is 0 Å². The van der Waals surface area contributed by atoms with Crippen LogP contribution in [0.1, 0.15) is 22.3 Å². The highest BCUT2D eigenvalue weighted by Crippen LogP contribution is 2.48. The van der Waals surface area contributed by atoms with Crippen LogP contribution in [-0.4, -0.2) is 9.38 Å². The molecule has 0 radical (unpaired) electrons. The van der Waals surface area contributed by atoms with Crippen LogP contribution in [0, 0.1) is 0 Å². The fourth-order valence-electron chi connectivity index (χ4n) is 6.71. The van der Waals surface area contributed by atoms with Gasteiger partial charge in [-0.3, -0.25) is 4.40 Å². The third kappa shape index (κ3) is 2.18. The van der Waals surface area contributed by atoms with Gasteiger partial charge >= 0.3 is 0 Å². The Labute approximate surface area is 202 Å². The molecule has 162 valence electrons. The van der Waals surface area contributed by atoms with Gasteiger partial charge in [0.25, 0.3) is 0 Å². The minimum Gasteiger partial charge on any atom is -0.292 e. The molecule has 2 aliphatic carbocycles. The zero-order valence-electron chi connectivity index (χ0n) is 19.0. The minimum atomic E-state index is 0.990. The third-order valence-electron chi connectivity index (χ3n) is 8.18. The molecule has 2 heterocycles. The van der Waals surface area contributed by atoms with Crippen LogP contribution < -0.4 is 0 Å². The van der Waals surface area contributed by atoms with E-state index in [-0.39, 0.29) is 0 Å². The van der Waals surface area contributed by atoms with Crippen molar-refractivity contribution < 1.29 is 0 Å². The highest BCUT2D eigenvalue weighted by atomic mass is 15.0. The van der Waals surface area contributed by atoms with Crippen LogP contribution in [0.4, 0.5) is 0 Å². The molecule has 0 N–H and O–H groups in total. The van der Waals surface area contributed by atoms with E-state index in [1.807, 2.05) is 0 Å². The van der Waals surface area contributed by atoms with E-state index in [1.54, 1.807) is 0 Å². The van der Waals surface area contributed by atoms with Crippen LogP contribution in [0.15, 0.2) is 97.1 Å². The van der Waals surface area contributed by atoms with Gasteiger partial charge < -0.3 is 0 Å². The molecule has 2 aliphatic rings. The first-order valence-corrected chi connectivity index (χ1v) is 12.3. The number of imidazole rings is 1. The molecule has 0 saturated carbocycles. The average Bonchev–Trinajstić information content (AvgIpc) is 3.58. The standard InChI is InChI=1S/C33H20N2/c1-2-8-23-19(7-1)15-21-17-22-16-20-13-14-25-24-9-3-5-11-29(24)35-30-12-6-4-10-28(30)34-33(35)32(25)31(20)27(22)18-26(21)23/h1-14,17-18H,15-16H2. The van der Waals surface area contributed by atoms with Crippen molar-refractivity contribution in [3.63, 3.8) is 0 Å². The van der Waals surface area contributed by atoms with Crippen molar-refractivity contribution in [2.45, 2.75) is 12.8 Å². The Kier molecular flexibility index (Phi) is 3.16. The van der Waals surface area contributed by atoms with Gasteiger partial charge in [0.05, 0.1) is 16.6 Å². The lowest BCUT2D eigenvalue weighted by molar-refractivity contribution is 1.21. The summed E-state index contributed by atoms with van der Waals surface area (Å²) >= 11 is 0. The SMILES string of the molecule is c1ccc2c(c1)Cc1cc3c(cc1-2)-c1c(ccc2c4ccccc4n4c5ccccc5nc4c12)C3. The Morgan fingerprint density at radius 1 is 0.543 bits per heavy atom. The van der Waals surface area contributed by atoms with Crippen LogP contribution in [0.5, 0.6) is 0 Å². The fraction of sp³-hybridized carbons (Fsp3) is 0.0606. The second-order valence-corrected chi connectivity index (χ2v) is 9.98. The number of nitrogens with zero attached hydrogens (tertiary/aromatic N) is 2. The van der Waals surface area contributed by atoms with Gasteiger partial charge in [0.15, 0.2) is 0 Å². The maximum atomic E-state index is 5.22. The van der Waals surface area contributed by atoms with Gasteiger partial charge in [-0.15, -0.1) is 0 Å². The summed E-state index contributed by atoms with van der Waals surface area (Å²) in [6.45, 7) is 0. The van der Waals surface area contributed by atoms with Crippen LogP contribution in [0.25, 0.3) is 60.6 Å². The van der Waals surface area contributed by atoms with E-state index in [1.165, 1.54) is 71.7 Å². The average molecular weight is 445 g/mol. The van der Waals surface area contributed by atoms with E-state index in [4.69, 9.17) is 4.98 Å². The molecule has 0 unspecified atom stereocenters. The van der Waals surface area contributed by atoms with Gasteiger partial charge in [0.1, 0.15) is 5.65 Å². The Morgan fingerprint density at radius 3 is 2.29 bits per heavy atom. The van der Waals surface area contributed by atoms with Crippen LogP contribution >= 0.6 is 0 Å². The molecule has 0 fully saturated rings. The zero-order chi connectivity index (χ0) is 22.7. The summed E-state index contributed by atoms with van der Waals surface area (Å²) in [5.74, 6) is 0. The van der Waals surface area contributed by atoms with Crippen molar-refractivity contribution in [1.29, 1.82) is 0 Å². The molecule has 2 heteroatoms. The lowest BCUT2D eigenvalue weighted by Gasteiger charge is -2.13. The molecule has 0 spiro atoms. The predicted molar refractivity (Wildman–Crippen MR) is 144 cm³/mol. The number of rotatable bonds is 0. The minimum absolute atomic E-state index is 0.990. The number of pyridine rings is 1. The molecule has 2 nitrogen and oxygen atoms in total. The van der Waals surface area contributed by atoms with Crippen molar-refractivity contribution in [2.75, 3.05) is 0 Å². The molecule has 35 heavy (non-hydrogen) atoms. The lowest BCUT2D eigenvalue weighted by Crippen LogP contribution is -1.94. The number of benzene rings is 5. The number of aromatic nitrogens is 2. The molecule has 7 aromatic rings. The first kappa shape index (κ1) is 18.0. The summed E-state index contributed by atoms with van der Waals surface area (Å²) in [4.78, 5) is 5.22. The summed E-state index contributed by atoms with van der Waals surface area (Å²) in [5, 5.41) is 3.85. The van der Waals surface area contributed by atoms with Gasteiger partial charge in [-0.1, -0.05) is 72.8 Å². The highest BCUT2D eigenvalue weighted by Gasteiger charge is 2.28. The maximum absolute atomic E-state index is 5.22. The van der Waals surface area contributed by atoms with Crippen molar-refractivity contribution in [1.82, 2.24) is 9.38 Å². The number of hydrogen-bond donors (Lipinski definition) is 0. The molecule has 2 aromatic heterocycles. The molecular formula is C33H20N2. The Balaban J connectivity index is 1.48. The molecule has 0 amide bonds. The topological polar surface area (TPSA) is 17.3 Å². The van der Waals surface area contributed by atoms with Gasteiger partial charge in [-0.2, -0.15) is 0 Å². The number of para-hydroxylation sites is 3. The van der Waals surface area contributed by atoms with E-state index in [0.29, 0.717) is 0 Å². The molecule has 0 saturated heterocycles. The van der Waals surface area contributed by atoms with Gasteiger partial charge in [0, 0.05) is 10.8 Å². The van der Waals surface area contributed by atoms with Crippen LogP contribution in [-0.2, 0) is 12.8 Å². The highest BCUT2D eigenvalue weighted by molar-refractivity contribution is 6.20. The third-order valence-corrected chi connectivity index (χ3v) is 8.18. The monoisotopic (exact) mass is 444 g/mol. The van der Waals surface area contributed by atoms with E-state index in [9.17, 15) is 0 Å². The van der Waals surface area contributed by atoms with Crippen molar-refractivity contribution in [2.24, 2.45) is 0 Å². The van der Waals surface area contributed by atoms with Crippen molar-refractivity contribution in [3.05, 3.63) is 119 Å². The Morgan fingerprint density at radius 2 is 1.31 bits per heavy atom. The number of fused-ring (bicyclic) bond motifs is 15. The van der Waals surface area contributed by atoms with E-state index in [2.05, 4.69) is 101 Å². The van der Waals surface area contributed by atoms with Crippen molar-refractivity contribution in [3.8, 4) is 22.3 Å². The maximum Gasteiger partial charge on any atom is 0.147 e. The predicted octanol–water partition coefficient (Wildman–Crippen LogP) is 7.94.